The van der Waals surface area contributed by atoms with Crippen LogP contribution in [0.15, 0.2) is 12.1 Å². The highest BCUT2D eigenvalue weighted by Gasteiger charge is 2.38. The fourth-order valence-corrected chi connectivity index (χ4v) is 4.25. The van der Waals surface area contributed by atoms with Crippen LogP contribution in [0.5, 0.6) is 0 Å². The molecular weight excluding hydrogens is 292 g/mol. The highest BCUT2D eigenvalue weighted by atomic mass is 35.5. The summed E-state index contributed by atoms with van der Waals surface area (Å²) in [5.41, 5.74) is 4.17. The third-order valence-electron chi connectivity index (χ3n) is 4.70. The van der Waals surface area contributed by atoms with Gasteiger partial charge in [0.1, 0.15) is 0 Å². The second-order valence-electron chi connectivity index (χ2n) is 7.56. The molecule has 22 heavy (non-hydrogen) atoms. The molecule has 1 heterocycles. The van der Waals surface area contributed by atoms with Crippen LogP contribution in [-0.2, 0) is 6.54 Å². The molecule has 1 aromatic carbocycles. The first-order valence-corrected chi connectivity index (χ1v) is 8.98. The Morgan fingerprint density at radius 3 is 2.64 bits per heavy atom. The summed E-state index contributed by atoms with van der Waals surface area (Å²) in [7, 11) is 0. The molecule has 1 N–H and O–H groups in total. The van der Waals surface area contributed by atoms with Crippen molar-refractivity contribution in [1.29, 1.82) is 0 Å². The number of nitrogens with one attached hydrogen (secondary N) is 1. The molecule has 1 aromatic rings. The van der Waals surface area contributed by atoms with Crippen molar-refractivity contribution in [2.45, 2.75) is 78.4 Å². The van der Waals surface area contributed by atoms with E-state index in [1.54, 1.807) is 0 Å². The molecule has 1 aliphatic rings. The van der Waals surface area contributed by atoms with Gasteiger partial charge >= 0.3 is 0 Å². The summed E-state index contributed by atoms with van der Waals surface area (Å²) in [6.45, 7) is 15.7. The number of benzene rings is 1. The van der Waals surface area contributed by atoms with Gasteiger partial charge in [0.25, 0.3) is 0 Å². The standard InChI is InChI=1S/C19H31ClN2/c1-7-8-21-12-15-9-16-14(4)11-19(5,6)22(13(2)3)18(16)10-17(15)20/h9-10,13-14,21H,7-8,11-12H2,1-6H3/t14-/m1/s1. The summed E-state index contributed by atoms with van der Waals surface area (Å²) >= 11 is 6.58. The quantitative estimate of drug-likeness (QED) is 0.736. The maximum absolute atomic E-state index is 6.58. The largest absolute Gasteiger partial charge is 0.364 e. The molecule has 0 spiro atoms. The van der Waals surface area contributed by atoms with Crippen LogP contribution in [0.3, 0.4) is 0 Å². The van der Waals surface area contributed by atoms with Crippen molar-refractivity contribution >= 4 is 17.3 Å². The van der Waals surface area contributed by atoms with E-state index in [1.807, 2.05) is 0 Å². The van der Waals surface area contributed by atoms with E-state index >= 15 is 0 Å². The van der Waals surface area contributed by atoms with E-state index in [4.69, 9.17) is 11.6 Å². The van der Waals surface area contributed by atoms with Crippen LogP contribution in [0.4, 0.5) is 5.69 Å². The summed E-state index contributed by atoms with van der Waals surface area (Å²) in [6.07, 6.45) is 2.33. The molecule has 124 valence electrons. The lowest BCUT2D eigenvalue weighted by atomic mass is 9.79. The minimum Gasteiger partial charge on any atom is -0.364 e. The van der Waals surface area contributed by atoms with Gasteiger partial charge in [-0.2, -0.15) is 0 Å². The van der Waals surface area contributed by atoms with E-state index in [1.165, 1.54) is 23.2 Å². The summed E-state index contributed by atoms with van der Waals surface area (Å²) in [6, 6.07) is 4.99. The van der Waals surface area contributed by atoms with E-state index in [2.05, 4.69) is 63.9 Å². The Bertz CT molecular complexity index is 522. The Hall–Kier alpha value is -0.730. The number of rotatable bonds is 5. The van der Waals surface area contributed by atoms with Gasteiger partial charge < -0.3 is 10.2 Å². The fourth-order valence-electron chi connectivity index (χ4n) is 4.03. The number of hydrogen-bond acceptors (Lipinski definition) is 2. The van der Waals surface area contributed by atoms with Gasteiger partial charge in [-0.25, -0.2) is 0 Å². The third kappa shape index (κ3) is 3.44. The Labute approximate surface area is 141 Å². The maximum Gasteiger partial charge on any atom is 0.0471 e. The van der Waals surface area contributed by atoms with E-state index in [0.29, 0.717) is 12.0 Å². The molecule has 3 heteroatoms. The maximum atomic E-state index is 6.58. The first-order valence-electron chi connectivity index (χ1n) is 8.60. The molecule has 0 amide bonds. The van der Waals surface area contributed by atoms with Crippen molar-refractivity contribution in [3.05, 3.63) is 28.3 Å². The van der Waals surface area contributed by atoms with Gasteiger partial charge in [0.15, 0.2) is 0 Å². The van der Waals surface area contributed by atoms with Gasteiger partial charge in [-0.05, 0) is 70.2 Å². The number of nitrogens with zero attached hydrogens (tertiary/aromatic N) is 1. The van der Waals surface area contributed by atoms with Gasteiger partial charge in [-0.15, -0.1) is 0 Å². The lowest BCUT2D eigenvalue weighted by Gasteiger charge is -2.50. The molecule has 2 rings (SSSR count). The van der Waals surface area contributed by atoms with Gasteiger partial charge in [-0.1, -0.05) is 31.5 Å². The van der Waals surface area contributed by atoms with Crippen LogP contribution in [0, 0.1) is 0 Å². The average molecular weight is 323 g/mol. The Morgan fingerprint density at radius 1 is 1.36 bits per heavy atom. The van der Waals surface area contributed by atoms with Crippen LogP contribution in [-0.4, -0.2) is 18.1 Å². The summed E-state index contributed by atoms with van der Waals surface area (Å²) < 4.78 is 0. The molecule has 0 saturated carbocycles. The van der Waals surface area contributed by atoms with E-state index in [9.17, 15) is 0 Å². The Balaban J connectivity index is 2.42. The normalized spacial score (nSPS) is 20.4. The fraction of sp³-hybridized carbons (Fsp3) is 0.684. The van der Waals surface area contributed by atoms with Crippen molar-refractivity contribution in [2.75, 3.05) is 11.4 Å². The molecule has 0 bridgehead atoms. The Kier molecular flexibility index (Phi) is 5.45. The molecule has 0 radical (unpaired) electrons. The smallest absolute Gasteiger partial charge is 0.0471 e. The van der Waals surface area contributed by atoms with Gasteiger partial charge in [-0.3, -0.25) is 0 Å². The van der Waals surface area contributed by atoms with Crippen LogP contribution < -0.4 is 10.2 Å². The van der Waals surface area contributed by atoms with Gasteiger partial charge in [0.2, 0.25) is 0 Å². The van der Waals surface area contributed by atoms with E-state index in [0.717, 1.165) is 24.5 Å². The zero-order chi connectivity index (χ0) is 16.5. The van der Waals surface area contributed by atoms with Gasteiger partial charge in [0, 0.05) is 28.8 Å². The van der Waals surface area contributed by atoms with Crippen molar-refractivity contribution in [1.82, 2.24) is 5.32 Å². The zero-order valence-corrected chi connectivity index (χ0v) is 15.7. The lowest BCUT2D eigenvalue weighted by molar-refractivity contribution is 0.356. The average Bonchev–Trinajstić information content (AvgIpc) is 2.38. The predicted molar refractivity (Wildman–Crippen MR) is 98.2 cm³/mol. The number of hydrogen-bond donors (Lipinski definition) is 1. The number of halogens is 1. The lowest BCUT2D eigenvalue weighted by Crippen LogP contribution is -2.51. The summed E-state index contributed by atoms with van der Waals surface area (Å²) in [5.74, 6) is 0.571. The predicted octanol–water partition coefficient (Wildman–Crippen LogP) is 5.34. The van der Waals surface area contributed by atoms with E-state index in [-0.39, 0.29) is 5.54 Å². The molecule has 0 fully saturated rings. The number of fused-ring (bicyclic) bond motifs is 1. The second-order valence-corrected chi connectivity index (χ2v) is 7.97. The SMILES string of the molecule is CCCNCc1cc2c(cc1Cl)N(C(C)C)C(C)(C)C[C@H]2C. The summed E-state index contributed by atoms with van der Waals surface area (Å²) in [4.78, 5) is 2.54. The molecule has 1 aliphatic heterocycles. The highest BCUT2D eigenvalue weighted by Crippen LogP contribution is 2.46. The van der Waals surface area contributed by atoms with Crippen molar-refractivity contribution in [3.63, 3.8) is 0 Å². The van der Waals surface area contributed by atoms with Crippen molar-refractivity contribution < 1.29 is 0 Å². The Morgan fingerprint density at radius 2 is 2.05 bits per heavy atom. The molecule has 2 nitrogen and oxygen atoms in total. The van der Waals surface area contributed by atoms with Crippen LogP contribution in [0.2, 0.25) is 5.02 Å². The zero-order valence-electron chi connectivity index (χ0n) is 15.0. The van der Waals surface area contributed by atoms with Crippen LogP contribution in [0.25, 0.3) is 0 Å². The van der Waals surface area contributed by atoms with Crippen LogP contribution >= 0.6 is 11.6 Å². The summed E-state index contributed by atoms with van der Waals surface area (Å²) in [5, 5.41) is 4.35. The molecule has 0 aromatic heterocycles. The molecule has 0 unspecified atom stereocenters. The van der Waals surface area contributed by atoms with Crippen molar-refractivity contribution in [2.24, 2.45) is 0 Å². The molecule has 1 atom stereocenters. The molecular formula is C19H31ClN2. The first-order chi connectivity index (χ1) is 10.3. The highest BCUT2D eigenvalue weighted by molar-refractivity contribution is 6.31. The topological polar surface area (TPSA) is 15.3 Å². The number of anilines is 1. The monoisotopic (exact) mass is 322 g/mol. The molecule has 0 saturated heterocycles. The van der Waals surface area contributed by atoms with Gasteiger partial charge in [0.05, 0.1) is 0 Å². The van der Waals surface area contributed by atoms with Crippen molar-refractivity contribution in [3.8, 4) is 0 Å². The van der Waals surface area contributed by atoms with Crippen LogP contribution in [0.1, 0.15) is 71.4 Å². The second kappa shape index (κ2) is 6.80. The minimum absolute atomic E-state index is 0.173. The molecule has 0 aliphatic carbocycles. The minimum atomic E-state index is 0.173. The van der Waals surface area contributed by atoms with E-state index < -0.39 is 0 Å². The third-order valence-corrected chi connectivity index (χ3v) is 5.05. The first kappa shape index (κ1) is 17.6.